The zero-order valence-electron chi connectivity index (χ0n) is 9.62. The van der Waals surface area contributed by atoms with Crippen LogP contribution in [0.25, 0.3) is 0 Å². The molecule has 1 aliphatic heterocycles. The van der Waals surface area contributed by atoms with Gasteiger partial charge in [0.1, 0.15) is 6.61 Å². The summed E-state index contributed by atoms with van der Waals surface area (Å²) in [6, 6.07) is 5.20. The summed E-state index contributed by atoms with van der Waals surface area (Å²) in [7, 11) is 0. The van der Waals surface area contributed by atoms with Crippen molar-refractivity contribution in [2.75, 3.05) is 25.1 Å². The number of hydrogen-bond donors (Lipinski definition) is 1. The molecule has 1 saturated heterocycles. The molecule has 98 valence electrons. The Hall–Kier alpha value is -0.620. The van der Waals surface area contributed by atoms with Gasteiger partial charge in [-0.05, 0) is 40.5 Å². The lowest BCUT2D eigenvalue weighted by molar-refractivity contribution is -0.122. The Bertz CT molecular complexity index is 435. The molecular weight excluding hydrogens is 321 g/mol. The van der Waals surface area contributed by atoms with E-state index in [0.717, 1.165) is 10.9 Å². The molecule has 1 amide bonds. The predicted molar refractivity (Wildman–Crippen MR) is 73.0 cm³/mol. The molecule has 1 atom stereocenters. The van der Waals surface area contributed by atoms with Gasteiger partial charge in [0.25, 0.3) is 0 Å². The van der Waals surface area contributed by atoms with Crippen LogP contribution in [0.4, 0.5) is 5.69 Å². The molecule has 1 aliphatic rings. The van der Waals surface area contributed by atoms with Gasteiger partial charge >= 0.3 is 0 Å². The third kappa shape index (κ3) is 3.95. The van der Waals surface area contributed by atoms with Gasteiger partial charge in [-0.1, -0.05) is 11.6 Å². The maximum absolute atomic E-state index is 11.6. The van der Waals surface area contributed by atoms with Gasteiger partial charge in [-0.2, -0.15) is 0 Å². The highest BCUT2D eigenvalue weighted by molar-refractivity contribution is 9.10. The van der Waals surface area contributed by atoms with Crippen LogP contribution < -0.4 is 5.32 Å². The molecule has 4 nitrogen and oxygen atoms in total. The van der Waals surface area contributed by atoms with E-state index in [4.69, 9.17) is 21.1 Å². The summed E-state index contributed by atoms with van der Waals surface area (Å²) in [4.78, 5) is 11.6. The SMILES string of the molecule is O=C(COC1CCOC1)Nc1ccc(Cl)c(Br)c1. The van der Waals surface area contributed by atoms with Crippen LogP contribution in [0.5, 0.6) is 0 Å². The number of halogens is 2. The fourth-order valence-electron chi connectivity index (χ4n) is 1.61. The molecule has 1 fully saturated rings. The van der Waals surface area contributed by atoms with Gasteiger partial charge in [0.15, 0.2) is 0 Å². The summed E-state index contributed by atoms with van der Waals surface area (Å²) in [6.07, 6.45) is 0.882. The highest BCUT2D eigenvalue weighted by Gasteiger charge is 2.17. The summed E-state index contributed by atoms with van der Waals surface area (Å²) in [5.41, 5.74) is 0.683. The summed E-state index contributed by atoms with van der Waals surface area (Å²) >= 11 is 9.16. The maximum Gasteiger partial charge on any atom is 0.250 e. The van der Waals surface area contributed by atoms with Gasteiger partial charge in [0, 0.05) is 16.8 Å². The minimum Gasteiger partial charge on any atom is -0.379 e. The molecule has 1 aromatic carbocycles. The molecule has 1 aromatic rings. The van der Waals surface area contributed by atoms with E-state index >= 15 is 0 Å². The number of ether oxygens (including phenoxy) is 2. The summed E-state index contributed by atoms with van der Waals surface area (Å²) in [5.74, 6) is -0.184. The molecule has 6 heteroatoms. The standard InChI is InChI=1S/C12H13BrClNO3/c13-10-5-8(1-2-11(10)14)15-12(16)7-18-9-3-4-17-6-9/h1-2,5,9H,3-4,6-7H2,(H,15,16). The Morgan fingerprint density at radius 2 is 2.44 bits per heavy atom. The number of hydrogen-bond acceptors (Lipinski definition) is 3. The molecule has 2 rings (SSSR count). The highest BCUT2D eigenvalue weighted by atomic mass is 79.9. The van der Waals surface area contributed by atoms with Crippen LogP contribution in [-0.4, -0.2) is 31.8 Å². The minimum absolute atomic E-state index is 0.0349. The monoisotopic (exact) mass is 333 g/mol. The van der Waals surface area contributed by atoms with Gasteiger partial charge in [-0.25, -0.2) is 0 Å². The smallest absolute Gasteiger partial charge is 0.250 e. The number of rotatable bonds is 4. The third-order valence-corrected chi connectivity index (χ3v) is 3.76. The van der Waals surface area contributed by atoms with Gasteiger partial charge in [0.05, 0.1) is 17.7 Å². The largest absolute Gasteiger partial charge is 0.379 e. The van der Waals surface area contributed by atoms with Crippen molar-refractivity contribution in [2.24, 2.45) is 0 Å². The van der Waals surface area contributed by atoms with Crippen molar-refractivity contribution in [3.8, 4) is 0 Å². The van der Waals surface area contributed by atoms with Crippen LogP contribution in [0.3, 0.4) is 0 Å². The van der Waals surface area contributed by atoms with Crippen molar-refractivity contribution in [1.29, 1.82) is 0 Å². The van der Waals surface area contributed by atoms with Gasteiger partial charge in [-0.3, -0.25) is 4.79 Å². The first-order valence-electron chi connectivity index (χ1n) is 5.59. The third-order valence-electron chi connectivity index (χ3n) is 2.54. The van der Waals surface area contributed by atoms with Crippen LogP contribution >= 0.6 is 27.5 Å². The number of carbonyl (C=O) groups excluding carboxylic acids is 1. The Balaban J connectivity index is 1.80. The van der Waals surface area contributed by atoms with Crippen LogP contribution in [0.1, 0.15) is 6.42 Å². The molecular formula is C12H13BrClNO3. The van der Waals surface area contributed by atoms with Crippen LogP contribution in [-0.2, 0) is 14.3 Å². The molecule has 0 aromatic heterocycles. The molecule has 0 aliphatic carbocycles. The topological polar surface area (TPSA) is 47.6 Å². The molecule has 1 unspecified atom stereocenters. The van der Waals surface area contributed by atoms with E-state index in [-0.39, 0.29) is 18.6 Å². The number of carbonyl (C=O) groups is 1. The van der Waals surface area contributed by atoms with E-state index in [1.807, 2.05) is 0 Å². The average Bonchev–Trinajstić information content (AvgIpc) is 2.84. The summed E-state index contributed by atoms with van der Waals surface area (Å²) in [5, 5.41) is 3.34. The first-order chi connectivity index (χ1) is 8.65. The fraction of sp³-hybridized carbons (Fsp3) is 0.417. The van der Waals surface area contributed by atoms with E-state index in [2.05, 4.69) is 21.2 Å². The second kappa shape index (κ2) is 6.52. The Morgan fingerprint density at radius 3 is 3.11 bits per heavy atom. The molecule has 18 heavy (non-hydrogen) atoms. The quantitative estimate of drug-likeness (QED) is 0.921. The number of amides is 1. The predicted octanol–water partition coefficient (Wildman–Crippen LogP) is 2.85. The van der Waals surface area contributed by atoms with Crippen LogP contribution in [0.2, 0.25) is 5.02 Å². The molecule has 0 spiro atoms. The van der Waals surface area contributed by atoms with Crippen LogP contribution in [0.15, 0.2) is 22.7 Å². The normalized spacial score (nSPS) is 18.9. The zero-order chi connectivity index (χ0) is 13.0. The first kappa shape index (κ1) is 13.8. The van der Waals surface area contributed by atoms with E-state index in [1.54, 1.807) is 18.2 Å². The zero-order valence-corrected chi connectivity index (χ0v) is 12.0. The second-order valence-electron chi connectivity index (χ2n) is 3.97. The molecule has 0 radical (unpaired) electrons. The lowest BCUT2D eigenvalue weighted by Gasteiger charge is -2.10. The van der Waals surface area contributed by atoms with Crippen molar-refractivity contribution in [2.45, 2.75) is 12.5 Å². The van der Waals surface area contributed by atoms with E-state index < -0.39 is 0 Å². The Morgan fingerprint density at radius 1 is 1.61 bits per heavy atom. The second-order valence-corrected chi connectivity index (χ2v) is 5.24. The minimum atomic E-state index is -0.184. The average molecular weight is 335 g/mol. The maximum atomic E-state index is 11.6. The number of anilines is 1. The van der Waals surface area contributed by atoms with Crippen molar-refractivity contribution in [3.63, 3.8) is 0 Å². The van der Waals surface area contributed by atoms with Crippen molar-refractivity contribution in [1.82, 2.24) is 0 Å². The molecule has 1 heterocycles. The van der Waals surface area contributed by atoms with E-state index in [1.165, 1.54) is 0 Å². The lowest BCUT2D eigenvalue weighted by Crippen LogP contribution is -2.23. The summed E-state index contributed by atoms with van der Waals surface area (Å²) in [6.45, 7) is 1.31. The molecule has 0 saturated carbocycles. The fourth-order valence-corrected chi connectivity index (χ4v) is 2.11. The van der Waals surface area contributed by atoms with Gasteiger partial charge < -0.3 is 14.8 Å². The van der Waals surface area contributed by atoms with E-state index in [9.17, 15) is 4.79 Å². The highest BCUT2D eigenvalue weighted by Crippen LogP contribution is 2.25. The van der Waals surface area contributed by atoms with Crippen molar-refractivity contribution in [3.05, 3.63) is 27.7 Å². The first-order valence-corrected chi connectivity index (χ1v) is 6.76. The van der Waals surface area contributed by atoms with Gasteiger partial charge in [-0.15, -0.1) is 0 Å². The van der Waals surface area contributed by atoms with Crippen LogP contribution in [0, 0.1) is 0 Å². The lowest BCUT2D eigenvalue weighted by atomic mass is 10.3. The van der Waals surface area contributed by atoms with E-state index in [0.29, 0.717) is 23.9 Å². The summed E-state index contributed by atoms with van der Waals surface area (Å²) < 4.78 is 11.3. The van der Waals surface area contributed by atoms with Crippen molar-refractivity contribution < 1.29 is 14.3 Å². The Labute approximate surface area is 119 Å². The number of benzene rings is 1. The number of nitrogens with one attached hydrogen (secondary N) is 1. The van der Waals surface area contributed by atoms with Crippen molar-refractivity contribution >= 4 is 39.1 Å². The Kier molecular flexibility index (Phi) is 5.00. The molecule has 0 bridgehead atoms. The van der Waals surface area contributed by atoms with Gasteiger partial charge in [0.2, 0.25) is 5.91 Å². The molecule has 1 N–H and O–H groups in total.